The van der Waals surface area contributed by atoms with Crippen LogP contribution in [-0.2, 0) is 19.4 Å². The highest BCUT2D eigenvalue weighted by atomic mass is 32.2. The van der Waals surface area contributed by atoms with Crippen molar-refractivity contribution in [2.45, 2.75) is 41.7 Å². The number of hydrogen-bond acceptors (Lipinski definition) is 5. The first-order chi connectivity index (χ1) is 9.98. The van der Waals surface area contributed by atoms with Gasteiger partial charge in [0.15, 0.2) is 14.6 Å². The number of esters is 1. The number of ether oxygens (including phenoxy) is 1. The first-order valence-corrected chi connectivity index (χ1v) is 8.34. The lowest BCUT2D eigenvalue weighted by molar-refractivity contribution is -0.144. The zero-order chi connectivity index (χ0) is 15.5. The maximum Gasteiger partial charge on any atom is 0.327 e. The third kappa shape index (κ3) is 2.60. The molecule has 0 amide bonds. The second kappa shape index (κ2) is 5.97. The van der Waals surface area contributed by atoms with Gasteiger partial charge < -0.3 is 4.74 Å². The quantitative estimate of drug-likeness (QED) is 0.629. The summed E-state index contributed by atoms with van der Waals surface area (Å²) in [6.07, 6.45) is 3.47. The number of hydrogen-bond donors (Lipinski definition) is 0. The van der Waals surface area contributed by atoms with Gasteiger partial charge in [0.1, 0.15) is 6.29 Å². The molecule has 21 heavy (non-hydrogen) atoms. The molecule has 0 unspecified atom stereocenters. The monoisotopic (exact) mass is 310 g/mol. The van der Waals surface area contributed by atoms with Gasteiger partial charge in [-0.3, -0.25) is 9.59 Å². The first-order valence-electron chi connectivity index (χ1n) is 6.86. The Bertz CT molecular complexity index is 625. The van der Waals surface area contributed by atoms with E-state index in [0.29, 0.717) is 24.7 Å². The van der Waals surface area contributed by atoms with Crippen molar-refractivity contribution < 1.29 is 22.7 Å². The van der Waals surface area contributed by atoms with E-state index < -0.39 is 20.6 Å². The van der Waals surface area contributed by atoms with Crippen molar-refractivity contribution >= 4 is 22.1 Å². The second-order valence-electron chi connectivity index (χ2n) is 5.24. The lowest BCUT2D eigenvalue weighted by Crippen LogP contribution is -2.48. The first kappa shape index (κ1) is 15.7. The third-order valence-electron chi connectivity index (χ3n) is 4.06. The normalized spacial score (nSPS) is 18.0. The van der Waals surface area contributed by atoms with Crippen LogP contribution in [0.25, 0.3) is 0 Å². The Morgan fingerprint density at radius 2 is 1.71 bits per heavy atom. The molecule has 5 nitrogen and oxygen atoms in total. The van der Waals surface area contributed by atoms with Crippen LogP contribution in [0, 0.1) is 0 Å². The van der Waals surface area contributed by atoms with Crippen molar-refractivity contribution in [2.24, 2.45) is 0 Å². The molecule has 0 N–H and O–H groups in total. The molecule has 114 valence electrons. The summed E-state index contributed by atoms with van der Waals surface area (Å²) in [5, 5.41) is 0. The van der Waals surface area contributed by atoms with Crippen molar-refractivity contribution in [3.05, 3.63) is 29.8 Å². The molecule has 1 aliphatic carbocycles. The average Bonchev–Trinajstić information content (AvgIpc) is 2.54. The van der Waals surface area contributed by atoms with Gasteiger partial charge in [-0.1, -0.05) is 31.4 Å². The summed E-state index contributed by atoms with van der Waals surface area (Å²) >= 11 is 0. The number of benzene rings is 1. The lowest BCUT2D eigenvalue weighted by atomic mass is 9.88. The Morgan fingerprint density at radius 1 is 1.14 bits per heavy atom. The lowest BCUT2D eigenvalue weighted by Gasteiger charge is -2.33. The van der Waals surface area contributed by atoms with Crippen LogP contribution in [0.15, 0.2) is 29.2 Å². The van der Waals surface area contributed by atoms with Gasteiger partial charge in [-0.2, -0.15) is 0 Å². The Hall–Kier alpha value is -1.69. The average molecular weight is 310 g/mol. The summed E-state index contributed by atoms with van der Waals surface area (Å²) in [5.74, 6) is -0.693. The Morgan fingerprint density at radius 3 is 2.19 bits per heavy atom. The van der Waals surface area contributed by atoms with Gasteiger partial charge in [0.05, 0.1) is 12.0 Å². The number of carbonyl (C=O) groups excluding carboxylic acids is 2. The van der Waals surface area contributed by atoms with E-state index in [9.17, 15) is 18.0 Å². The topological polar surface area (TPSA) is 77.5 Å². The highest BCUT2D eigenvalue weighted by Crippen LogP contribution is 2.40. The van der Waals surface area contributed by atoms with E-state index in [1.165, 1.54) is 31.4 Å². The highest BCUT2D eigenvalue weighted by Gasteiger charge is 2.52. The van der Waals surface area contributed by atoms with E-state index in [-0.39, 0.29) is 17.7 Å². The van der Waals surface area contributed by atoms with Crippen molar-refractivity contribution in [3.8, 4) is 0 Å². The van der Waals surface area contributed by atoms with Gasteiger partial charge in [0.2, 0.25) is 0 Å². The van der Waals surface area contributed by atoms with Crippen molar-refractivity contribution in [3.63, 3.8) is 0 Å². The summed E-state index contributed by atoms with van der Waals surface area (Å²) in [7, 11) is -2.64. The van der Waals surface area contributed by atoms with Crippen LogP contribution in [0.2, 0.25) is 0 Å². The predicted octanol–water partition coefficient (Wildman–Crippen LogP) is 2.15. The van der Waals surface area contributed by atoms with Crippen LogP contribution in [-0.4, -0.2) is 32.5 Å². The van der Waals surface area contributed by atoms with E-state index in [1.54, 1.807) is 0 Å². The van der Waals surface area contributed by atoms with Crippen LogP contribution in [0.5, 0.6) is 0 Å². The standard InChI is InChI=1S/C15H18O5S/c1-20-14(17)15(9-3-2-4-10-15)21(18,19)13-7-5-12(11-16)6-8-13/h5-8,11H,2-4,9-10H2,1H3. The molecular formula is C15H18O5S. The molecule has 0 spiro atoms. The van der Waals surface area contributed by atoms with Gasteiger partial charge >= 0.3 is 5.97 Å². The highest BCUT2D eigenvalue weighted by molar-refractivity contribution is 7.93. The minimum Gasteiger partial charge on any atom is -0.468 e. The van der Waals surface area contributed by atoms with Crippen LogP contribution in [0.4, 0.5) is 0 Å². The smallest absolute Gasteiger partial charge is 0.327 e. The van der Waals surface area contributed by atoms with Crippen LogP contribution in [0.1, 0.15) is 42.5 Å². The van der Waals surface area contributed by atoms with Crippen molar-refractivity contribution in [1.82, 2.24) is 0 Å². The summed E-state index contributed by atoms with van der Waals surface area (Å²) in [6.45, 7) is 0. The Labute approximate surface area is 124 Å². The number of carbonyl (C=O) groups is 2. The maximum absolute atomic E-state index is 12.9. The van der Waals surface area contributed by atoms with E-state index >= 15 is 0 Å². The Kier molecular flexibility index (Phi) is 4.46. The molecule has 1 aromatic carbocycles. The zero-order valence-corrected chi connectivity index (χ0v) is 12.7. The molecule has 1 aliphatic rings. The second-order valence-corrected chi connectivity index (χ2v) is 7.50. The van der Waals surface area contributed by atoms with E-state index in [2.05, 4.69) is 0 Å². The number of rotatable bonds is 4. The molecule has 0 aromatic heterocycles. The largest absolute Gasteiger partial charge is 0.468 e. The molecule has 0 saturated heterocycles. The summed E-state index contributed by atoms with van der Waals surface area (Å²) in [5.41, 5.74) is 0.393. The number of aldehydes is 1. The summed E-state index contributed by atoms with van der Waals surface area (Å²) < 4.78 is 29.1. The molecule has 2 rings (SSSR count). The molecule has 1 aromatic rings. The number of sulfone groups is 1. The van der Waals surface area contributed by atoms with E-state index in [0.717, 1.165) is 6.42 Å². The van der Waals surface area contributed by atoms with Gasteiger partial charge in [-0.05, 0) is 25.0 Å². The van der Waals surface area contributed by atoms with Crippen molar-refractivity contribution in [2.75, 3.05) is 7.11 Å². The van der Waals surface area contributed by atoms with E-state index in [1.807, 2.05) is 0 Å². The fourth-order valence-electron chi connectivity index (χ4n) is 2.84. The van der Waals surface area contributed by atoms with Gasteiger partial charge in [0.25, 0.3) is 0 Å². The SMILES string of the molecule is COC(=O)C1(S(=O)(=O)c2ccc(C=O)cc2)CCCCC1. The molecule has 0 heterocycles. The van der Waals surface area contributed by atoms with Gasteiger partial charge in [-0.15, -0.1) is 0 Å². The third-order valence-corrected chi connectivity index (χ3v) is 6.56. The summed E-state index contributed by atoms with van der Waals surface area (Å²) in [4.78, 5) is 22.9. The molecule has 1 saturated carbocycles. The van der Waals surface area contributed by atoms with E-state index in [4.69, 9.17) is 4.74 Å². The number of methoxy groups -OCH3 is 1. The molecule has 0 radical (unpaired) electrons. The van der Waals surface area contributed by atoms with Gasteiger partial charge in [-0.25, -0.2) is 8.42 Å². The predicted molar refractivity (Wildman–Crippen MR) is 76.8 cm³/mol. The molecule has 0 bridgehead atoms. The maximum atomic E-state index is 12.9. The molecule has 6 heteroatoms. The zero-order valence-electron chi connectivity index (χ0n) is 11.9. The fourth-order valence-corrected chi connectivity index (χ4v) is 4.92. The van der Waals surface area contributed by atoms with Crippen molar-refractivity contribution in [1.29, 1.82) is 0 Å². The molecule has 0 atom stereocenters. The molecule has 1 fully saturated rings. The Balaban J connectivity index is 2.50. The van der Waals surface area contributed by atoms with Gasteiger partial charge in [0, 0.05) is 5.56 Å². The fraction of sp³-hybridized carbons (Fsp3) is 0.467. The minimum atomic E-state index is -3.85. The molecular weight excluding hydrogens is 292 g/mol. The summed E-state index contributed by atoms with van der Waals surface area (Å²) in [6, 6.07) is 5.62. The van der Waals surface area contributed by atoms with Crippen LogP contribution < -0.4 is 0 Å². The minimum absolute atomic E-state index is 0.0559. The van der Waals surface area contributed by atoms with Crippen LogP contribution in [0.3, 0.4) is 0 Å². The van der Waals surface area contributed by atoms with Crippen LogP contribution >= 0.6 is 0 Å². The molecule has 0 aliphatic heterocycles.